The maximum atomic E-state index is 12.0. The second-order valence-corrected chi connectivity index (χ2v) is 5.09. The van der Waals surface area contributed by atoms with Crippen molar-refractivity contribution in [1.29, 1.82) is 0 Å². The summed E-state index contributed by atoms with van der Waals surface area (Å²) in [5.41, 5.74) is 4.99. The molecule has 6 heteroatoms. The largest absolute Gasteiger partial charge is 0.480 e. The second-order valence-electron chi connectivity index (χ2n) is 4.18. The summed E-state index contributed by atoms with van der Waals surface area (Å²) < 4.78 is 0.757. The van der Waals surface area contributed by atoms with E-state index in [1.165, 1.54) is 6.92 Å². The van der Waals surface area contributed by atoms with Crippen molar-refractivity contribution in [2.75, 3.05) is 5.73 Å². The van der Waals surface area contributed by atoms with Crippen molar-refractivity contribution in [2.24, 2.45) is 0 Å². The minimum Gasteiger partial charge on any atom is -0.480 e. The third kappa shape index (κ3) is 3.01. The second kappa shape index (κ2) is 5.39. The number of carboxylic acid groups (broad SMARTS) is 1. The van der Waals surface area contributed by atoms with Gasteiger partial charge in [-0.05, 0) is 31.5 Å². The number of amides is 1. The van der Waals surface area contributed by atoms with Crippen LogP contribution < -0.4 is 11.1 Å². The van der Waals surface area contributed by atoms with Crippen LogP contribution in [0.3, 0.4) is 0 Å². The number of carbonyl (C=O) groups excluding carboxylic acids is 1. The molecule has 0 spiro atoms. The van der Waals surface area contributed by atoms with E-state index in [1.54, 1.807) is 25.1 Å². The standard InChI is InChI=1S/C12H15BrN2O3/c1-3-12(2,11(17)18)15-10(16)8-5-4-7(13)6-9(8)14/h4-6H,3,14H2,1-2H3,(H,15,16)(H,17,18). The van der Waals surface area contributed by atoms with Gasteiger partial charge in [-0.2, -0.15) is 0 Å². The van der Waals surface area contributed by atoms with Crippen LogP contribution >= 0.6 is 15.9 Å². The number of nitrogens with one attached hydrogen (secondary N) is 1. The number of hydrogen-bond acceptors (Lipinski definition) is 3. The van der Waals surface area contributed by atoms with Crippen LogP contribution in [0.5, 0.6) is 0 Å². The van der Waals surface area contributed by atoms with Gasteiger partial charge in [0, 0.05) is 10.2 Å². The van der Waals surface area contributed by atoms with Gasteiger partial charge in [-0.15, -0.1) is 0 Å². The zero-order chi connectivity index (χ0) is 13.9. The molecule has 0 saturated heterocycles. The molecular formula is C12H15BrN2O3. The highest BCUT2D eigenvalue weighted by Gasteiger charge is 2.33. The quantitative estimate of drug-likeness (QED) is 0.741. The molecule has 1 aromatic carbocycles. The average Bonchev–Trinajstić information content (AvgIpc) is 2.28. The summed E-state index contributed by atoms with van der Waals surface area (Å²) in [5.74, 6) is -1.57. The summed E-state index contributed by atoms with van der Waals surface area (Å²) in [7, 11) is 0. The van der Waals surface area contributed by atoms with Crippen LogP contribution in [0, 0.1) is 0 Å². The fraction of sp³-hybridized carbons (Fsp3) is 0.333. The third-order valence-corrected chi connectivity index (χ3v) is 3.32. The molecule has 98 valence electrons. The van der Waals surface area contributed by atoms with Crippen molar-refractivity contribution >= 4 is 33.5 Å². The molecule has 0 aromatic heterocycles. The minimum atomic E-state index is -1.30. The van der Waals surface area contributed by atoms with E-state index < -0.39 is 17.4 Å². The Morgan fingerprint density at radius 3 is 2.56 bits per heavy atom. The molecule has 1 aromatic rings. The van der Waals surface area contributed by atoms with Gasteiger partial charge in [0.25, 0.3) is 5.91 Å². The molecule has 0 bridgehead atoms. The van der Waals surface area contributed by atoms with Crippen LogP contribution in [-0.2, 0) is 4.79 Å². The van der Waals surface area contributed by atoms with E-state index >= 15 is 0 Å². The maximum Gasteiger partial charge on any atom is 0.329 e. The van der Waals surface area contributed by atoms with Gasteiger partial charge < -0.3 is 16.2 Å². The molecule has 0 heterocycles. The Bertz CT molecular complexity index is 490. The zero-order valence-electron chi connectivity index (χ0n) is 10.2. The fourth-order valence-corrected chi connectivity index (χ4v) is 1.73. The number of nitrogens with two attached hydrogens (primary N) is 1. The van der Waals surface area contributed by atoms with Crippen molar-refractivity contribution in [1.82, 2.24) is 5.32 Å². The van der Waals surface area contributed by atoms with E-state index in [1.807, 2.05) is 0 Å². The maximum absolute atomic E-state index is 12.0. The van der Waals surface area contributed by atoms with E-state index in [4.69, 9.17) is 10.8 Å². The molecule has 1 atom stereocenters. The Kier molecular flexibility index (Phi) is 4.34. The topological polar surface area (TPSA) is 92.4 Å². The number of anilines is 1. The number of carboxylic acids is 1. The van der Waals surface area contributed by atoms with Gasteiger partial charge in [0.2, 0.25) is 0 Å². The molecule has 0 fully saturated rings. The Morgan fingerprint density at radius 2 is 2.11 bits per heavy atom. The molecule has 1 unspecified atom stereocenters. The lowest BCUT2D eigenvalue weighted by atomic mass is 9.98. The Balaban J connectivity index is 2.98. The summed E-state index contributed by atoms with van der Waals surface area (Å²) in [5, 5.41) is 11.6. The van der Waals surface area contributed by atoms with Crippen LogP contribution in [0.4, 0.5) is 5.69 Å². The van der Waals surface area contributed by atoms with Gasteiger partial charge in [0.15, 0.2) is 0 Å². The minimum absolute atomic E-state index is 0.263. The van der Waals surface area contributed by atoms with Crippen molar-refractivity contribution in [3.05, 3.63) is 28.2 Å². The molecule has 0 saturated carbocycles. The third-order valence-electron chi connectivity index (χ3n) is 2.83. The normalized spacial score (nSPS) is 13.7. The van der Waals surface area contributed by atoms with Crippen molar-refractivity contribution in [3.63, 3.8) is 0 Å². The number of rotatable bonds is 4. The summed E-state index contributed by atoms with van der Waals surface area (Å²) in [6.45, 7) is 3.15. The van der Waals surface area contributed by atoms with Gasteiger partial charge in [0.05, 0.1) is 5.56 Å². The van der Waals surface area contributed by atoms with Crippen LogP contribution in [0.15, 0.2) is 22.7 Å². The highest BCUT2D eigenvalue weighted by molar-refractivity contribution is 9.10. The molecule has 5 nitrogen and oxygen atoms in total. The zero-order valence-corrected chi connectivity index (χ0v) is 11.7. The van der Waals surface area contributed by atoms with E-state index in [0.29, 0.717) is 5.69 Å². The molecule has 18 heavy (non-hydrogen) atoms. The SMILES string of the molecule is CCC(C)(NC(=O)c1ccc(Br)cc1N)C(=O)O. The lowest BCUT2D eigenvalue weighted by Crippen LogP contribution is -2.51. The number of halogens is 1. The number of hydrogen-bond donors (Lipinski definition) is 3. The molecule has 1 rings (SSSR count). The summed E-state index contributed by atoms with van der Waals surface area (Å²) in [6.07, 6.45) is 0.282. The van der Waals surface area contributed by atoms with E-state index in [0.717, 1.165) is 4.47 Å². The monoisotopic (exact) mass is 314 g/mol. The van der Waals surface area contributed by atoms with Crippen molar-refractivity contribution in [2.45, 2.75) is 25.8 Å². The van der Waals surface area contributed by atoms with Gasteiger partial charge in [-0.1, -0.05) is 22.9 Å². The van der Waals surface area contributed by atoms with Gasteiger partial charge in [-0.3, -0.25) is 4.79 Å². The lowest BCUT2D eigenvalue weighted by molar-refractivity contribution is -0.143. The molecule has 0 aliphatic rings. The summed E-state index contributed by atoms with van der Waals surface area (Å²) in [4.78, 5) is 23.1. The number of benzene rings is 1. The van der Waals surface area contributed by atoms with E-state index in [9.17, 15) is 9.59 Å². The van der Waals surface area contributed by atoms with Crippen LogP contribution in [0.1, 0.15) is 30.6 Å². The molecule has 4 N–H and O–H groups in total. The number of nitrogen functional groups attached to an aromatic ring is 1. The first-order chi connectivity index (χ1) is 8.30. The predicted molar refractivity (Wildman–Crippen MR) is 72.4 cm³/mol. The van der Waals surface area contributed by atoms with Gasteiger partial charge in [-0.25, -0.2) is 4.79 Å². The Labute approximate surface area is 113 Å². The average molecular weight is 315 g/mol. The molecule has 0 aliphatic carbocycles. The van der Waals surface area contributed by atoms with Crippen LogP contribution in [0.25, 0.3) is 0 Å². The summed E-state index contributed by atoms with van der Waals surface area (Å²) in [6, 6.07) is 4.82. The first kappa shape index (κ1) is 14.5. The van der Waals surface area contributed by atoms with Crippen LogP contribution in [-0.4, -0.2) is 22.5 Å². The van der Waals surface area contributed by atoms with E-state index in [-0.39, 0.29) is 12.0 Å². The Hall–Kier alpha value is -1.56. The first-order valence-corrected chi connectivity index (χ1v) is 6.20. The predicted octanol–water partition coefficient (Wildman–Crippen LogP) is 2.01. The van der Waals surface area contributed by atoms with Gasteiger partial charge >= 0.3 is 5.97 Å². The highest BCUT2D eigenvalue weighted by atomic mass is 79.9. The summed E-state index contributed by atoms with van der Waals surface area (Å²) >= 11 is 3.24. The van der Waals surface area contributed by atoms with Gasteiger partial charge in [0.1, 0.15) is 5.54 Å². The van der Waals surface area contributed by atoms with Crippen LogP contribution in [0.2, 0.25) is 0 Å². The first-order valence-electron chi connectivity index (χ1n) is 5.41. The van der Waals surface area contributed by atoms with Crippen molar-refractivity contribution in [3.8, 4) is 0 Å². The molecule has 0 radical (unpaired) electrons. The molecular weight excluding hydrogens is 300 g/mol. The smallest absolute Gasteiger partial charge is 0.329 e. The highest BCUT2D eigenvalue weighted by Crippen LogP contribution is 2.20. The molecule has 1 amide bonds. The fourth-order valence-electron chi connectivity index (χ4n) is 1.35. The Morgan fingerprint density at radius 1 is 1.50 bits per heavy atom. The van der Waals surface area contributed by atoms with Crippen molar-refractivity contribution < 1.29 is 14.7 Å². The number of carbonyl (C=O) groups is 2. The number of aliphatic carboxylic acids is 1. The molecule has 0 aliphatic heterocycles. The lowest BCUT2D eigenvalue weighted by Gasteiger charge is -2.24. The van der Waals surface area contributed by atoms with E-state index in [2.05, 4.69) is 21.2 Å².